The molecule has 0 aliphatic rings. The zero-order valence-corrected chi connectivity index (χ0v) is 13.6. The molecule has 4 heteroatoms. The molecular formula is C19H18ClNO2. The van der Waals surface area contributed by atoms with Crippen molar-refractivity contribution >= 4 is 22.5 Å². The highest BCUT2D eigenvalue weighted by molar-refractivity contribution is 6.35. The monoisotopic (exact) mass is 327 g/mol. The van der Waals surface area contributed by atoms with Gasteiger partial charge in [0, 0.05) is 23.6 Å². The maximum atomic E-state index is 9.76. The molecule has 1 aromatic heterocycles. The third-order valence-electron chi connectivity index (χ3n) is 3.61. The van der Waals surface area contributed by atoms with Crippen molar-refractivity contribution in [3.8, 4) is 5.75 Å². The van der Waals surface area contributed by atoms with Crippen LogP contribution in [-0.4, -0.2) is 16.2 Å². The van der Waals surface area contributed by atoms with Crippen LogP contribution in [0.1, 0.15) is 18.1 Å². The minimum Gasteiger partial charge on any atom is -0.486 e. The van der Waals surface area contributed by atoms with Gasteiger partial charge in [-0.3, -0.25) is 4.98 Å². The Morgan fingerprint density at radius 3 is 2.70 bits per heavy atom. The van der Waals surface area contributed by atoms with Gasteiger partial charge in [-0.05, 0) is 30.7 Å². The number of halogens is 1. The number of fused-ring (bicyclic) bond motifs is 1. The Labute approximate surface area is 140 Å². The minimum absolute atomic E-state index is 0.445. The fraction of sp³-hybridized carbons (Fsp3) is 0.211. The molecule has 3 nitrogen and oxygen atoms in total. The summed E-state index contributed by atoms with van der Waals surface area (Å²) in [5.41, 5.74) is 2.67. The molecule has 118 valence electrons. The van der Waals surface area contributed by atoms with Gasteiger partial charge in [-0.1, -0.05) is 41.9 Å². The fourth-order valence-electron chi connectivity index (χ4n) is 2.59. The predicted octanol–water partition coefficient (Wildman–Crippen LogP) is 4.39. The summed E-state index contributed by atoms with van der Waals surface area (Å²) in [6, 6.07) is 15.6. The van der Waals surface area contributed by atoms with Crippen molar-refractivity contribution < 1.29 is 9.84 Å². The highest BCUT2D eigenvalue weighted by Gasteiger charge is 2.15. The van der Waals surface area contributed by atoms with Crippen LogP contribution in [0.25, 0.3) is 10.9 Å². The quantitative estimate of drug-likeness (QED) is 0.755. The predicted molar refractivity (Wildman–Crippen MR) is 92.9 cm³/mol. The zero-order valence-electron chi connectivity index (χ0n) is 12.9. The number of nitrogens with zero attached hydrogens (tertiary/aromatic N) is 1. The maximum absolute atomic E-state index is 9.76. The Morgan fingerprint density at radius 2 is 1.96 bits per heavy atom. The normalized spacial score (nSPS) is 12.3. The maximum Gasteiger partial charge on any atom is 0.149 e. The van der Waals surface area contributed by atoms with Crippen LogP contribution in [0.5, 0.6) is 5.75 Å². The summed E-state index contributed by atoms with van der Waals surface area (Å²) in [5, 5.41) is 11.2. The first-order chi connectivity index (χ1) is 11.1. The molecule has 1 unspecified atom stereocenters. The van der Waals surface area contributed by atoms with Crippen LogP contribution in [0.4, 0.5) is 0 Å². The summed E-state index contributed by atoms with van der Waals surface area (Å²) in [4.78, 5) is 4.43. The number of hydrogen-bond donors (Lipinski definition) is 1. The van der Waals surface area contributed by atoms with E-state index in [1.54, 1.807) is 13.1 Å². The van der Waals surface area contributed by atoms with E-state index in [1.165, 1.54) is 0 Å². The number of aliphatic hydroxyl groups excluding tert-OH is 1. The molecule has 0 amide bonds. The lowest BCUT2D eigenvalue weighted by Gasteiger charge is -2.16. The number of rotatable bonds is 5. The molecular weight excluding hydrogens is 310 g/mol. The van der Waals surface area contributed by atoms with E-state index < -0.39 is 6.10 Å². The molecule has 1 N–H and O–H groups in total. The molecule has 0 saturated carbocycles. The summed E-state index contributed by atoms with van der Waals surface area (Å²) >= 11 is 6.36. The SMILES string of the molecule is CC(O)Cc1cc(Cl)c2cccnc2c1OCc1ccccc1. The zero-order chi connectivity index (χ0) is 16.2. The Kier molecular flexibility index (Phi) is 4.79. The summed E-state index contributed by atoms with van der Waals surface area (Å²) in [5.74, 6) is 0.690. The van der Waals surface area contributed by atoms with E-state index in [0.717, 1.165) is 22.0 Å². The van der Waals surface area contributed by atoms with Gasteiger partial charge in [-0.2, -0.15) is 0 Å². The van der Waals surface area contributed by atoms with Crippen molar-refractivity contribution in [1.82, 2.24) is 4.98 Å². The number of aromatic nitrogens is 1. The molecule has 0 aliphatic heterocycles. The van der Waals surface area contributed by atoms with Crippen molar-refractivity contribution in [3.63, 3.8) is 0 Å². The van der Waals surface area contributed by atoms with E-state index in [0.29, 0.717) is 23.8 Å². The first kappa shape index (κ1) is 15.8. The van der Waals surface area contributed by atoms with Gasteiger partial charge in [0.1, 0.15) is 17.9 Å². The van der Waals surface area contributed by atoms with Crippen LogP contribution in [0.15, 0.2) is 54.7 Å². The van der Waals surface area contributed by atoms with Gasteiger partial charge in [0.05, 0.1) is 11.1 Å². The van der Waals surface area contributed by atoms with Crippen molar-refractivity contribution in [1.29, 1.82) is 0 Å². The van der Waals surface area contributed by atoms with Crippen LogP contribution < -0.4 is 4.74 Å². The topological polar surface area (TPSA) is 42.4 Å². The number of benzene rings is 2. The lowest BCUT2D eigenvalue weighted by molar-refractivity contribution is 0.193. The second-order valence-corrected chi connectivity index (χ2v) is 5.98. The summed E-state index contributed by atoms with van der Waals surface area (Å²) in [6.45, 7) is 2.19. The van der Waals surface area contributed by atoms with E-state index >= 15 is 0 Å². The van der Waals surface area contributed by atoms with Crippen molar-refractivity contribution in [2.45, 2.75) is 26.1 Å². The highest BCUT2D eigenvalue weighted by atomic mass is 35.5. The number of aliphatic hydroxyl groups is 1. The first-order valence-corrected chi connectivity index (χ1v) is 7.94. The molecule has 1 atom stereocenters. The van der Waals surface area contributed by atoms with E-state index in [-0.39, 0.29) is 0 Å². The van der Waals surface area contributed by atoms with E-state index in [4.69, 9.17) is 16.3 Å². The largest absolute Gasteiger partial charge is 0.486 e. The lowest BCUT2D eigenvalue weighted by atomic mass is 10.0. The van der Waals surface area contributed by atoms with Gasteiger partial charge in [0.25, 0.3) is 0 Å². The Bertz CT molecular complexity index is 803. The summed E-state index contributed by atoms with van der Waals surface area (Å²) in [7, 11) is 0. The van der Waals surface area contributed by atoms with Gasteiger partial charge < -0.3 is 9.84 Å². The van der Waals surface area contributed by atoms with Crippen molar-refractivity contribution in [3.05, 3.63) is 70.9 Å². The van der Waals surface area contributed by atoms with Gasteiger partial charge in [-0.25, -0.2) is 0 Å². The highest BCUT2D eigenvalue weighted by Crippen LogP contribution is 2.35. The molecule has 3 rings (SSSR count). The number of pyridine rings is 1. The smallest absolute Gasteiger partial charge is 0.149 e. The average Bonchev–Trinajstić information content (AvgIpc) is 2.55. The molecule has 0 radical (unpaired) electrons. The van der Waals surface area contributed by atoms with Gasteiger partial charge in [0.2, 0.25) is 0 Å². The molecule has 0 saturated heterocycles. The standard InChI is InChI=1S/C19H18ClNO2/c1-13(22)10-15-11-17(20)16-8-5-9-21-18(16)19(15)23-12-14-6-3-2-4-7-14/h2-9,11,13,22H,10,12H2,1H3. The average molecular weight is 328 g/mol. The third kappa shape index (κ3) is 3.63. The van der Waals surface area contributed by atoms with Crippen LogP contribution in [0.2, 0.25) is 5.02 Å². The summed E-state index contributed by atoms with van der Waals surface area (Å²) in [6.07, 6.45) is 1.71. The molecule has 2 aromatic carbocycles. The van der Waals surface area contributed by atoms with Crippen molar-refractivity contribution in [2.24, 2.45) is 0 Å². The summed E-state index contributed by atoms with van der Waals surface area (Å²) < 4.78 is 6.06. The van der Waals surface area contributed by atoms with E-state index in [2.05, 4.69) is 4.98 Å². The van der Waals surface area contributed by atoms with Gasteiger partial charge in [0.15, 0.2) is 0 Å². The second-order valence-electron chi connectivity index (χ2n) is 5.57. The lowest BCUT2D eigenvalue weighted by Crippen LogP contribution is -2.08. The number of hydrogen-bond acceptors (Lipinski definition) is 3. The van der Waals surface area contributed by atoms with Crippen molar-refractivity contribution in [2.75, 3.05) is 0 Å². The van der Waals surface area contributed by atoms with E-state index in [1.807, 2.05) is 48.5 Å². The van der Waals surface area contributed by atoms with Crippen LogP contribution >= 0.6 is 11.6 Å². The molecule has 0 aliphatic carbocycles. The molecule has 0 bridgehead atoms. The first-order valence-electron chi connectivity index (χ1n) is 7.56. The molecule has 23 heavy (non-hydrogen) atoms. The van der Waals surface area contributed by atoms with Gasteiger partial charge in [-0.15, -0.1) is 0 Å². The Balaban J connectivity index is 2.02. The molecule has 0 fully saturated rings. The number of ether oxygens (including phenoxy) is 1. The van der Waals surface area contributed by atoms with Crippen LogP contribution in [0.3, 0.4) is 0 Å². The minimum atomic E-state index is -0.480. The Morgan fingerprint density at radius 1 is 1.17 bits per heavy atom. The van der Waals surface area contributed by atoms with Gasteiger partial charge >= 0.3 is 0 Å². The molecule has 0 spiro atoms. The molecule has 3 aromatic rings. The third-order valence-corrected chi connectivity index (χ3v) is 3.93. The second kappa shape index (κ2) is 6.99. The van der Waals surface area contributed by atoms with Crippen LogP contribution in [0, 0.1) is 0 Å². The van der Waals surface area contributed by atoms with E-state index in [9.17, 15) is 5.11 Å². The Hall–Kier alpha value is -2.10. The molecule has 1 heterocycles. The van der Waals surface area contributed by atoms with Crippen LogP contribution in [-0.2, 0) is 13.0 Å². The fourth-order valence-corrected chi connectivity index (χ4v) is 2.87.